The molecule has 3 fully saturated rings. The Morgan fingerprint density at radius 2 is 2.00 bits per heavy atom. The summed E-state index contributed by atoms with van der Waals surface area (Å²) in [6, 6.07) is 4.75. The van der Waals surface area contributed by atoms with Gasteiger partial charge in [0.25, 0.3) is 0 Å². The Labute approximate surface area is 142 Å². The van der Waals surface area contributed by atoms with Gasteiger partial charge in [0.05, 0.1) is 6.54 Å². The first kappa shape index (κ1) is 17.4. The highest BCUT2D eigenvalue weighted by Gasteiger charge is 2.61. The largest absolute Gasteiger partial charge is 0.573 e. The van der Waals surface area contributed by atoms with Crippen molar-refractivity contribution in [3.05, 3.63) is 29.8 Å². The molecule has 0 atom stereocenters. The molecule has 0 unspecified atom stereocenters. The third-order valence-electron chi connectivity index (χ3n) is 4.77. The van der Waals surface area contributed by atoms with Crippen LogP contribution < -0.4 is 15.8 Å². The topological polar surface area (TPSA) is 84.7 Å². The number of carbonyl (C=O) groups is 2. The van der Waals surface area contributed by atoms with E-state index >= 15 is 0 Å². The maximum atomic E-state index is 12.5. The summed E-state index contributed by atoms with van der Waals surface area (Å²) in [5.74, 6) is -0.0244. The third-order valence-corrected chi connectivity index (χ3v) is 4.77. The van der Waals surface area contributed by atoms with E-state index in [0.717, 1.165) is 19.3 Å². The highest BCUT2D eigenvalue weighted by atomic mass is 19.4. The Bertz CT molecular complexity index is 676. The van der Waals surface area contributed by atoms with Gasteiger partial charge in [-0.05, 0) is 42.9 Å². The Morgan fingerprint density at radius 3 is 2.52 bits per heavy atom. The zero-order valence-electron chi connectivity index (χ0n) is 13.3. The van der Waals surface area contributed by atoms with Crippen molar-refractivity contribution in [2.75, 3.05) is 6.54 Å². The average Bonchev–Trinajstić information content (AvgIpc) is 2.39. The summed E-state index contributed by atoms with van der Waals surface area (Å²) in [4.78, 5) is 24.9. The molecule has 9 heteroatoms. The normalized spacial score (nSPS) is 23.9. The SMILES string of the molecule is NC(=O)NCC(=O)N(Cc1cccc(OC(F)(F)F)c1)C12CC(C1)C2. The Hall–Kier alpha value is -2.45. The molecule has 3 saturated carbocycles. The van der Waals surface area contributed by atoms with Crippen LogP contribution in [0.1, 0.15) is 24.8 Å². The summed E-state index contributed by atoms with van der Waals surface area (Å²) in [6.07, 6.45) is -2.12. The van der Waals surface area contributed by atoms with Gasteiger partial charge in [-0.1, -0.05) is 12.1 Å². The van der Waals surface area contributed by atoms with Crippen LogP contribution in [0.3, 0.4) is 0 Å². The summed E-state index contributed by atoms with van der Waals surface area (Å²) in [7, 11) is 0. The fraction of sp³-hybridized carbons (Fsp3) is 0.500. The van der Waals surface area contributed by atoms with E-state index in [9.17, 15) is 22.8 Å². The van der Waals surface area contributed by atoms with Crippen molar-refractivity contribution in [1.29, 1.82) is 0 Å². The van der Waals surface area contributed by atoms with Gasteiger partial charge in [0.1, 0.15) is 5.75 Å². The second kappa shape index (κ2) is 6.12. The lowest BCUT2D eigenvalue weighted by molar-refractivity contribution is -0.274. The lowest BCUT2D eigenvalue weighted by Gasteiger charge is -2.66. The van der Waals surface area contributed by atoms with E-state index in [2.05, 4.69) is 10.1 Å². The van der Waals surface area contributed by atoms with E-state index < -0.39 is 12.4 Å². The van der Waals surface area contributed by atoms with Crippen LogP contribution in [0.2, 0.25) is 0 Å². The molecule has 1 aromatic carbocycles. The molecule has 3 aliphatic rings. The number of urea groups is 1. The van der Waals surface area contributed by atoms with Gasteiger partial charge in [-0.3, -0.25) is 4.79 Å². The number of nitrogens with zero attached hydrogens (tertiary/aromatic N) is 1. The smallest absolute Gasteiger partial charge is 0.406 e. The van der Waals surface area contributed by atoms with Crippen LogP contribution >= 0.6 is 0 Å². The fourth-order valence-electron chi connectivity index (χ4n) is 3.57. The highest BCUT2D eigenvalue weighted by molar-refractivity contribution is 5.84. The van der Waals surface area contributed by atoms with E-state index in [1.807, 2.05) is 0 Å². The number of rotatable bonds is 6. The van der Waals surface area contributed by atoms with Gasteiger partial charge in [0.15, 0.2) is 0 Å². The highest BCUT2D eigenvalue weighted by Crippen LogP contribution is 2.60. The van der Waals surface area contributed by atoms with Crippen molar-refractivity contribution in [2.24, 2.45) is 11.7 Å². The third kappa shape index (κ3) is 3.80. The van der Waals surface area contributed by atoms with E-state index in [1.54, 1.807) is 11.0 Å². The minimum absolute atomic E-state index is 0.154. The van der Waals surface area contributed by atoms with Crippen LogP contribution in [-0.2, 0) is 11.3 Å². The van der Waals surface area contributed by atoms with Gasteiger partial charge in [0, 0.05) is 12.1 Å². The van der Waals surface area contributed by atoms with Crippen LogP contribution in [-0.4, -0.2) is 35.3 Å². The molecule has 0 saturated heterocycles. The van der Waals surface area contributed by atoms with Crippen molar-refractivity contribution in [3.8, 4) is 5.75 Å². The van der Waals surface area contributed by atoms with Crippen molar-refractivity contribution in [2.45, 2.75) is 37.7 Å². The van der Waals surface area contributed by atoms with Gasteiger partial charge in [-0.2, -0.15) is 0 Å². The van der Waals surface area contributed by atoms with Gasteiger partial charge in [-0.15, -0.1) is 13.2 Å². The van der Waals surface area contributed by atoms with Crippen LogP contribution in [0.5, 0.6) is 5.75 Å². The van der Waals surface area contributed by atoms with Gasteiger partial charge in [0.2, 0.25) is 5.91 Å². The van der Waals surface area contributed by atoms with Crippen LogP contribution in [0.15, 0.2) is 24.3 Å². The minimum atomic E-state index is -4.77. The molecule has 3 amide bonds. The molecule has 1 aromatic rings. The molecule has 3 N–H and O–H groups in total. The molecule has 6 nitrogen and oxygen atoms in total. The predicted octanol–water partition coefficient (Wildman–Crippen LogP) is 2.13. The summed E-state index contributed by atoms with van der Waals surface area (Å²) < 4.78 is 41.0. The molecule has 0 aromatic heterocycles. The summed E-state index contributed by atoms with van der Waals surface area (Å²) >= 11 is 0. The molecular formula is C16H18F3N3O3. The first-order chi connectivity index (χ1) is 11.7. The molecule has 0 radical (unpaired) electrons. The monoisotopic (exact) mass is 357 g/mol. The predicted molar refractivity (Wildman–Crippen MR) is 81.3 cm³/mol. The zero-order valence-corrected chi connectivity index (χ0v) is 13.3. The number of alkyl halides is 3. The van der Waals surface area contributed by atoms with E-state index in [0.29, 0.717) is 11.5 Å². The first-order valence-electron chi connectivity index (χ1n) is 7.85. The molecule has 25 heavy (non-hydrogen) atoms. The van der Waals surface area contributed by atoms with Gasteiger partial charge in [-0.25, -0.2) is 4.79 Å². The molecule has 3 aliphatic carbocycles. The minimum Gasteiger partial charge on any atom is -0.406 e. The van der Waals surface area contributed by atoms with E-state index in [1.165, 1.54) is 18.2 Å². The van der Waals surface area contributed by atoms with E-state index in [4.69, 9.17) is 5.73 Å². The maximum absolute atomic E-state index is 12.5. The quantitative estimate of drug-likeness (QED) is 0.818. The van der Waals surface area contributed by atoms with Gasteiger partial charge >= 0.3 is 12.4 Å². The van der Waals surface area contributed by atoms with Crippen molar-refractivity contribution >= 4 is 11.9 Å². The number of primary amides is 1. The summed E-state index contributed by atoms with van der Waals surface area (Å²) in [5, 5.41) is 2.27. The van der Waals surface area contributed by atoms with Crippen LogP contribution in [0.4, 0.5) is 18.0 Å². The molecule has 0 aliphatic heterocycles. The lowest BCUT2D eigenvalue weighted by atomic mass is 9.49. The molecule has 4 rings (SSSR count). The second-order valence-electron chi connectivity index (χ2n) is 6.60. The van der Waals surface area contributed by atoms with Crippen molar-refractivity contribution in [1.82, 2.24) is 10.2 Å². The Kier molecular flexibility index (Phi) is 4.26. The number of ether oxygens (including phenoxy) is 1. The lowest BCUT2D eigenvalue weighted by Crippen LogP contribution is -2.70. The average molecular weight is 357 g/mol. The fourth-order valence-corrected chi connectivity index (χ4v) is 3.57. The number of amides is 3. The maximum Gasteiger partial charge on any atom is 0.573 e. The Morgan fingerprint density at radius 1 is 1.32 bits per heavy atom. The number of nitrogens with one attached hydrogen (secondary N) is 1. The number of carbonyl (C=O) groups excluding carboxylic acids is 2. The van der Waals surface area contributed by atoms with Crippen LogP contribution in [0.25, 0.3) is 0 Å². The number of halogens is 3. The number of nitrogens with two attached hydrogens (primary N) is 1. The van der Waals surface area contributed by atoms with Gasteiger partial charge < -0.3 is 20.7 Å². The first-order valence-corrected chi connectivity index (χ1v) is 7.85. The molecule has 136 valence electrons. The second-order valence-corrected chi connectivity index (χ2v) is 6.60. The molecule has 0 heterocycles. The number of benzene rings is 1. The number of hydrogen-bond acceptors (Lipinski definition) is 3. The molecular weight excluding hydrogens is 339 g/mol. The summed E-state index contributed by atoms with van der Waals surface area (Å²) in [5.41, 5.74) is 5.27. The molecule has 0 spiro atoms. The van der Waals surface area contributed by atoms with Crippen molar-refractivity contribution < 1.29 is 27.5 Å². The zero-order chi connectivity index (χ0) is 18.2. The standard InChI is InChI=1S/C16H18F3N3O3/c17-16(18,19)25-12-3-1-2-10(4-12)9-22(13(23)8-21-14(20)24)15-5-11(6-15)7-15/h1-4,11H,5-9H2,(H3,20,21,24). The molecule has 2 bridgehead atoms. The van der Waals surface area contributed by atoms with Crippen molar-refractivity contribution in [3.63, 3.8) is 0 Å². The number of hydrogen-bond donors (Lipinski definition) is 2. The Balaban J connectivity index is 1.73. The van der Waals surface area contributed by atoms with E-state index in [-0.39, 0.29) is 30.3 Å². The van der Waals surface area contributed by atoms with Crippen LogP contribution in [0, 0.1) is 5.92 Å². The summed E-state index contributed by atoms with van der Waals surface area (Å²) in [6.45, 7) is -0.0818.